The molecule has 2 saturated carbocycles. The van der Waals surface area contributed by atoms with Crippen molar-refractivity contribution in [1.82, 2.24) is 0 Å². The van der Waals surface area contributed by atoms with Crippen molar-refractivity contribution in [2.24, 2.45) is 5.41 Å². The molecule has 1 spiro atoms. The molecule has 20 heavy (non-hydrogen) atoms. The summed E-state index contributed by atoms with van der Waals surface area (Å²) in [6.45, 7) is 0. The summed E-state index contributed by atoms with van der Waals surface area (Å²) >= 11 is 5.88. The molecule has 2 unspecified atom stereocenters. The van der Waals surface area contributed by atoms with Crippen molar-refractivity contribution >= 4 is 17.3 Å². The first-order valence-corrected chi connectivity index (χ1v) is 7.19. The van der Waals surface area contributed by atoms with E-state index in [1.54, 1.807) is 6.07 Å². The summed E-state index contributed by atoms with van der Waals surface area (Å²) in [4.78, 5) is 10.2. The predicted octanol–water partition coefficient (Wildman–Crippen LogP) is 3.32. The van der Waals surface area contributed by atoms with E-state index in [1.165, 1.54) is 12.1 Å². The lowest BCUT2D eigenvalue weighted by molar-refractivity contribution is -0.384. The maximum atomic E-state index is 10.7. The number of ether oxygens (including phenoxy) is 1. The molecule has 6 heteroatoms. The molecule has 1 aromatic carbocycles. The van der Waals surface area contributed by atoms with E-state index in [9.17, 15) is 15.2 Å². The van der Waals surface area contributed by atoms with Gasteiger partial charge in [-0.2, -0.15) is 0 Å². The van der Waals surface area contributed by atoms with E-state index in [0.29, 0.717) is 12.2 Å². The van der Waals surface area contributed by atoms with Gasteiger partial charge in [0.1, 0.15) is 16.9 Å². The largest absolute Gasteiger partial charge is 0.490 e. The Balaban J connectivity index is 1.76. The summed E-state index contributed by atoms with van der Waals surface area (Å²) in [5.74, 6) is 0.531. The minimum Gasteiger partial charge on any atom is -0.490 e. The highest BCUT2D eigenvalue weighted by atomic mass is 35.5. The minimum atomic E-state index is -0.516. The summed E-state index contributed by atoms with van der Waals surface area (Å²) in [6, 6.07) is 4.40. The predicted molar refractivity (Wildman–Crippen MR) is 74.0 cm³/mol. The molecular weight excluding hydrogens is 282 g/mol. The second-order valence-electron chi connectivity index (χ2n) is 5.67. The fourth-order valence-corrected chi connectivity index (χ4v) is 3.69. The van der Waals surface area contributed by atoms with Crippen molar-refractivity contribution in [2.75, 3.05) is 0 Å². The third kappa shape index (κ3) is 2.05. The van der Waals surface area contributed by atoms with Crippen LogP contribution < -0.4 is 4.74 Å². The molecule has 0 radical (unpaired) electrons. The van der Waals surface area contributed by atoms with Crippen LogP contribution in [0.4, 0.5) is 5.69 Å². The maximum Gasteiger partial charge on any atom is 0.288 e. The molecule has 2 aliphatic carbocycles. The third-order valence-corrected chi connectivity index (χ3v) is 4.97. The first kappa shape index (κ1) is 13.6. The van der Waals surface area contributed by atoms with Gasteiger partial charge in [-0.25, -0.2) is 0 Å². The monoisotopic (exact) mass is 297 g/mol. The fraction of sp³-hybridized carbons (Fsp3) is 0.571. The molecule has 0 heterocycles. The number of nitrogens with zero attached hydrogens (tertiary/aromatic N) is 1. The molecule has 1 aromatic rings. The highest BCUT2D eigenvalue weighted by Crippen LogP contribution is 2.54. The maximum absolute atomic E-state index is 10.7. The molecular formula is C14H16ClNO4. The highest BCUT2D eigenvalue weighted by molar-refractivity contribution is 6.32. The highest BCUT2D eigenvalue weighted by Gasteiger charge is 2.57. The number of nitro groups is 1. The van der Waals surface area contributed by atoms with Gasteiger partial charge in [-0.1, -0.05) is 24.4 Å². The SMILES string of the molecule is O=[N+]([O-])c1ccc(OC2CC(O)C23CCCC3)cc1Cl. The van der Waals surface area contributed by atoms with Gasteiger partial charge in [-0.15, -0.1) is 0 Å². The van der Waals surface area contributed by atoms with Gasteiger partial charge in [0.2, 0.25) is 0 Å². The van der Waals surface area contributed by atoms with Crippen LogP contribution in [0, 0.1) is 15.5 Å². The molecule has 3 rings (SSSR count). The van der Waals surface area contributed by atoms with Crippen molar-refractivity contribution in [2.45, 2.75) is 44.3 Å². The molecule has 0 bridgehead atoms. The molecule has 2 atom stereocenters. The van der Waals surface area contributed by atoms with Gasteiger partial charge in [0.15, 0.2) is 0 Å². The van der Waals surface area contributed by atoms with E-state index in [2.05, 4.69) is 0 Å². The Kier molecular flexibility index (Phi) is 3.34. The van der Waals surface area contributed by atoms with E-state index in [0.717, 1.165) is 25.7 Å². The zero-order valence-electron chi connectivity index (χ0n) is 10.9. The zero-order valence-corrected chi connectivity index (χ0v) is 11.7. The Morgan fingerprint density at radius 3 is 2.65 bits per heavy atom. The van der Waals surface area contributed by atoms with Crippen molar-refractivity contribution < 1.29 is 14.8 Å². The quantitative estimate of drug-likeness (QED) is 0.686. The minimum absolute atomic E-state index is 0.0162. The molecule has 2 aliphatic rings. The topological polar surface area (TPSA) is 72.6 Å². The van der Waals surface area contributed by atoms with Gasteiger partial charge in [0, 0.05) is 24.0 Å². The molecule has 0 amide bonds. The Bertz CT molecular complexity index is 542. The van der Waals surface area contributed by atoms with Crippen LogP contribution in [0.25, 0.3) is 0 Å². The van der Waals surface area contributed by atoms with E-state index in [4.69, 9.17) is 16.3 Å². The van der Waals surface area contributed by atoms with E-state index >= 15 is 0 Å². The second kappa shape index (κ2) is 4.90. The summed E-state index contributed by atoms with van der Waals surface area (Å²) in [5, 5.41) is 20.8. The van der Waals surface area contributed by atoms with Crippen LogP contribution in [0.3, 0.4) is 0 Å². The number of hydrogen-bond acceptors (Lipinski definition) is 4. The van der Waals surface area contributed by atoms with Crippen molar-refractivity contribution in [3.8, 4) is 5.75 Å². The van der Waals surface area contributed by atoms with Crippen LogP contribution in [0.2, 0.25) is 5.02 Å². The van der Waals surface area contributed by atoms with E-state index in [-0.39, 0.29) is 28.3 Å². The third-order valence-electron chi connectivity index (χ3n) is 4.67. The number of rotatable bonds is 3. The van der Waals surface area contributed by atoms with Crippen molar-refractivity contribution in [1.29, 1.82) is 0 Å². The smallest absolute Gasteiger partial charge is 0.288 e. The van der Waals surface area contributed by atoms with Gasteiger partial charge in [-0.3, -0.25) is 10.1 Å². The Morgan fingerprint density at radius 1 is 1.40 bits per heavy atom. The molecule has 108 valence electrons. The zero-order chi connectivity index (χ0) is 14.3. The Labute approximate surface area is 121 Å². The number of benzene rings is 1. The van der Waals surface area contributed by atoms with Gasteiger partial charge in [0.25, 0.3) is 5.69 Å². The van der Waals surface area contributed by atoms with Crippen molar-refractivity contribution in [3.63, 3.8) is 0 Å². The van der Waals surface area contributed by atoms with Crippen molar-refractivity contribution in [3.05, 3.63) is 33.3 Å². The van der Waals surface area contributed by atoms with Crippen LogP contribution in [0.1, 0.15) is 32.1 Å². The van der Waals surface area contributed by atoms with Gasteiger partial charge < -0.3 is 9.84 Å². The first-order valence-electron chi connectivity index (χ1n) is 6.81. The number of aliphatic hydroxyl groups excluding tert-OH is 1. The molecule has 5 nitrogen and oxygen atoms in total. The van der Waals surface area contributed by atoms with Crippen LogP contribution >= 0.6 is 11.6 Å². The number of nitro benzene ring substituents is 1. The summed E-state index contributed by atoms with van der Waals surface area (Å²) in [5.41, 5.74) is -0.239. The lowest BCUT2D eigenvalue weighted by Gasteiger charge is -2.51. The number of halogens is 1. The molecule has 1 N–H and O–H groups in total. The molecule has 0 aliphatic heterocycles. The average molecular weight is 298 g/mol. The van der Waals surface area contributed by atoms with E-state index < -0.39 is 4.92 Å². The van der Waals surface area contributed by atoms with Crippen LogP contribution in [-0.2, 0) is 0 Å². The summed E-state index contributed by atoms with van der Waals surface area (Å²) < 4.78 is 5.91. The number of aliphatic hydroxyl groups is 1. The van der Waals surface area contributed by atoms with Gasteiger partial charge >= 0.3 is 0 Å². The lowest BCUT2D eigenvalue weighted by atomic mass is 9.62. The average Bonchev–Trinajstić information content (AvgIpc) is 2.90. The van der Waals surface area contributed by atoms with E-state index in [1.807, 2.05) is 0 Å². The van der Waals surface area contributed by atoms with Crippen LogP contribution in [0.5, 0.6) is 5.75 Å². The second-order valence-corrected chi connectivity index (χ2v) is 6.08. The number of hydrogen-bond donors (Lipinski definition) is 1. The van der Waals surface area contributed by atoms with Gasteiger partial charge in [0.05, 0.1) is 11.0 Å². The Hall–Kier alpha value is -1.33. The van der Waals surface area contributed by atoms with Gasteiger partial charge in [-0.05, 0) is 18.9 Å². The normalized spacial score (nSPS) is 27.3. The first-order chi connectivity index (χ1) is 9.53. The standard InChI is InChI=1S/C14H16ClNO4/c15-10-7-9(3-4-11(10)16(18)19)20-13-8-12(17)14(13)5-1-2-6-14/h3-4,7,12-13,17H,1-2,5-6,8H2. The summed E-state index contributed by atoms with van der Waals surface area (Å²) in [7, 11) is 0. The summed E-state index contributed by atoms with van der Waals surface area (Å²) in [6.07, 6.45) is 4.53. The molecule has 0 aromatic heterocycles. The fourth-order valence-electron chi connectivity index (χ4n) is 3.45. The van der Waals surface area contributed by atoms with Crippen LogP contribution in [-0.4, -0.2) is 22.2 Å². The molecule has 2 fully saturated rings. The van der Waals surface area contributed by atoms with Crippen LogP contribution in [0.15, 0.2) is 18.2 Å². The lowest BCUT2D eigenvalue weighted by Crippen LogP contribution is -2.58. The Morgan fingerprint density at radius 2 is 2.10 bits per heavy atom. The molecule has 0 saturated heterocycles.